The van der Waals surface area contributed by atoms with Gasteiger partial charge >= 0.3 is 0 Å². The number of carbonyl (C=O) groups excluding carboxylic acids is 2. The van der Waals surface area contributed by atoms with E-state index in [0.717, 1.165) is 28.8 Å². The quantitative estimate of drug-likeness (QED) is 0.883. The Hall–Kier alpha value is -1.84. The number of carbonyl (C=O) groups is 2. The monoisotopic (exact) mass is 326 g/mol. The highest BCUT2D eigenvalue weighted by molar-refractivity contribution is 5.96. The smallest absolute Gasteiger partial charge is 0.228 e. The minimum absolute atomic E-state index is 0.0948. The van der Waals surface area contributed by atoms with E-state index in [2.05, 4.69) is 10.6 Å². The molecule has 0 aromatic heterocycles. The van der Waals surface area contributed by atoms with Crippen LogP contribution >= 0.6 is 0 Å². The number of hydrogen-bond donors (Lipinski definition) is 2. The maximum atomic E-state index is 13.0. The summed E-state index contributed by atoms with van der Waals surface area (Å²) >= 11 is 0. The summed E-state index contributed by atoms with van der Waals surface area (Å²) in [4.78, 5) is 24.3. The molecule has 2 N–H and O–H groups in total. The lowest BCUT2D eigenvalue weighted by molar-refractivity contribution is -0.132. The first-order chi connectivity index (χ1) is 11.5. The first-order valence-electron chi connectivity index (χ1n) is 9.19. The molecule has 4 nitrogen and oxygen atoms in total. The van der Waals surface area contributed by atoms with E-state index in [1.54, 1.807) is 0 Å². The Morgan fingerprint density at radius 3 is 2.00 bits per heavy atom. The SMILES string of the molecule is CC(=O)Nc1cccc(NC(=O)C2C3CC4CC(C3)CC2C4)c1C. The summed E-state index contributed by atoms with van der Waals surface area (Å²) in [6.45, 7) is 3.44. The topological polar surface area (TPSA) is 58.2 Å². The van der Waals surface area contributed by atoms with Gasteiger partial charge in [-0.3, -0.25) is 9.59 Å². The molecule has 5 rings (SSSR count). The lowest BCUT2D eigenvalue weighted by atomic mass is 9.51. The summed E-state index contributed by atoms with van der Waals surface area (Å²) < 4.78 is 0. The van der Waals surface area contributed by atoms with Gasteiger partial charge in [0.2, 0.25) is 11.8 Å². The van der Waals surface area contributed by atoms with Gasteiger partial charge in [-0.25, -0.2) is 0 Å². The van der Waals surface area contributed by atoms with Crippen LogP contribution in [0.4, 0.5) is 11.4 Å². The summed E-state index contributed by atoms with van der Waals surface area (Å²) in [7, 11) is 0. The van der Waals surface area contributed by atoms with Crippen LogP contribution in [0.1, 0.15) is 44.6 Å². The van der Waals surface area contributed by atoms with Gasteiger partial charge in [0.25, 0.3) is 0 Å². The minimum Gasteiger partial charge on any atom is -0.326 e. The number of amides is 2. The van der Waals surface area contributed by atoms with E-state index in [0.29, 0.717) is 11.8 Å². The summed E-state index contributed by atoms with van der Waals surface area (Å²) in [5.74, 6) is 3.19. The molecule has 4 aliphatic carbocycles. The molecule has 4 heteroatoms. The van der Waals surface area contributed by atoms with Crippen LogP contribution in [-0.4, -0.2) is 11.8 Å². The lowest BCUT2D eigenvalue weighted by Crippen LogP contribution is -2.49. The molecule has 128 valence electrons. The highest BCUT2D eigenvalue weighted by Gasteiger charge is 2.50. The number of hydrogen-bond acceptors (Lipinski definition) is 2. The van der Waals surface area contributed by atoms with Crippen molar-refractivity contribution >= 4 is 23.2 Å². The molecule has 0 heterocycles. The molecule has 0 saturated heterocycles. The molecule has 1 aromatic rings. The van der Waals surface area contributed by atoms with E-state index in [4.69, 9.17) is 0 Å². The molecule has 0 aliphatic heterocycles. The fourth-order valence-corrected chi connectivity index (χ4v) is 5.67. The van der Waals surface area contributed by atoms with Gasteiger partial charge in [0.1, 0.15) is 0 Å². The molecule has 1 aromatic carbocycles. The van der Waals surface area contributed by atoms with Gasteiger partial charge in [0, 0.05) is 24.2 Å². The molecule has 4 aliphatic rings. The molecular weight excluding hydrogens is 300 g/mol. The zero-order valence-electron chi connectivity index (χ0n) is 14.5. The van der Waals surface area contributed by atoms with Gasteiger partial charge in [0.05, 0.1) is 0 Å². The summed E-state index contributed by atoms with van der Waals surface area (Å²) in [5.41, 5.74) is 2.51. The highest BCUT2D eigenvalue weighted by atomic mass is 16.2. The number of anilines is 2. The minimum atomic E-state index is -0.0948. The Kier molecular flexibility index (Phi) is 3.86. The predicted molar refractivity (Wildman–Crippen MR) is 94.6 cm³/mol. The number of nitrogens with one attached hydrogen (secondary N) is 2. The largest absolute Gasteiger partial charge is 0.326 e. The molecule has 0 spiro atoms. The fraction of sp³-hybridized carbons (Fsp3) is 0.600. The summed E-state index contributed by atoms with van der Waals surface area (Å²) in [5, 5.41) is 5.99. The second kappa shape index (κ2) is 5.91. The van der Waals surface area contributed by atoms with Crippen molar-refractivity contribution in [2.45, 2.75) is 46.0 Å². The molecule has 2 amide bonds. The van der Waals surface area contributed by atoms with Crippen molar-refractivity contribution in [2.24, 2.45) is 29.6 Å². The molecule has 24 heavy (non-hydrogen) atoms. The second-order valence-electron chi connectivity index (χ2n) is 8.11. The Labute approximate surface area is 143 Å². The van der Waals surface area contributed by atoms with Crippen LogP contribution in [0.25, 0.3) is 0 Å². The Bertz CT molecular complexity index is 654. The number of benzene rings is 1. The maximum Gasteiger partial charge on any atom is 0.228 e. The van der Waals surface area contributed by atoms with Gasteiger partial charge in [0.15, 0.2) is 0 Å². The van der Waals surface area contributed by atoms with E-state index in [1.807, 2.05) is 25.1 Å². The van der Waals surface area contributed by atoms with Crippen LogP contribution < -0.4 is 10.6 Å². The average Bonchev–Trinajstić information content (AvgIpc) is 2.49. The van der Waals surface area contributed by atoms with E-state index < -0.39 is 0 Å². The molecule has 0 atom stereocenters. The average molecular weight is 326 g/mol. The molecule has 4 saturated carbocycles. The second-order valence-corrected chi connectivity index (χ2v) is 8.11. The van der Waals surface area contributed by atoms with Crippen molar-refractivity contribution in [3.8, 4) is 0 Å². The third-order valence-corrected chi connectivity index (χ3v) is 6.43. The molecule has 0 unspecified atom stereocenters. The fourth-order valence-electron chi connectivity index (χ4n) is 5.67. The van der Waals surface area contributed by atoms with Crippen LogP contribution in [0.3, 0.4) is 0 Å². The molecule has 4 bridgehead atoms. The van der Waals surface area contributed by atoms with Crippen molar-refractivity contribution in [3.63, 3.8) is 0 Å². The Balaban J connectivity index is 1.51. The van der Waals surface area contributed by atoms with Crippen LogP contribution in [0.5, 0.6) is 0 Å². The normalized spacial score (nSPS) is 33.3. The maximum absolute atomic E-state index is 13.0. The summed E-state index contributed by atoms with van der Waals surface area (Å²) in [6.07, 6.45) is 6.39. The van der Waals surface area contributed by atoms with Gasteiger partial charge in [-0.15, -0.1) is 0 Å². The van der Waals surface area contributed by atoms with Crippen LogP contribution in [0.15, 0.2) is 18.2 Å². The Morgan fingerprint density at radius 2 is 1.46 bits per heavy atom. The van der Waals surface area contributed by atoms with Crippen LogP contribution in [-0.2, 0) is 9.59 Å². The van der Waals surface area contributed by atoms with Crippen molar-refractivity contribution in [1.29, 1.82) is 0 Å². The van der Waals surface area contributed by atoms with E-state index in [-0.39, 0.29) is 17.7 Å². The van der Waals surface area contributed by atoms with Crippen molar-refractivity contribution in [2.75, 3.05) is 10.6 Å². The van der Waals surface area contributed by atoms with Crippen molar-refractivity contribution in [1.82, 2.24) is 0 Å². The standard InChI is InChI=1S/C20H26N2O2/c1-11-17(21-12(2)23)4-3-5-18(11)22-20(24)19-15-7-13-6-14(9-15)10-16(19)8-13/h3-5,13-16,19H,6-10H2,1-2H3,(H,21,23)(H,22,24). The number of rotatable bonds is 3. The van der Waals surface area contributed by atoms with Gasteiger partial charge in [-0.05, 0) is 80.4 Å². The zero-order valence-corrected chi connectivity index (χ0v) is 14.5. The highest BCUT2D eigenvalue weighted by Crippen LogP contribution is 2.56. The van der Waals surface area contributed by atoms with Gasteiger partial charge < -0.3 is 10.6 Å². The van der Waals surface area contributed by atoms with Gasteiger partial charge in [-0.2, -0.15) is 0 Å². The molecule has 0 radical (unpaired) electrons. The van der Waals surface area contributed by atoms with E-state index >= 15 is 0 Å². The summed E-state index contributed by atoms with van der Waals surface area (Å²) in [6, 6.07) is 5.68. The predicted octanol–water partition coefficient (Wildman–Crippen LogP) is 3.96. The van der Waals surface area contributed by atoms with E-state index in [1.165, 1.54) is 39.0 Å². The third-order valence-electron chi connectivity index (χ3n) is 6.43. The third kappa shape index (κ3) is 2.72. The van der Waals surface area contributed by atoms with Gasteiger partial charge in [-0.1, -0.05) is 6.07 Å². The zero-order chi connectivity index (χ0) is 16.8. The Morgan fingerprint density at radius 1 is 0.917 bits per heavy atom. The first-order valence-corrected chi connectivity index (χ1v) is 9.19. The first kappa shape index (κ1) is 15.7. The van der Waals surface area contributed by atoms with Crippen molar-refractivity contribution < 1.29 is 9.59 Å². The molecular formula is C20H26N2O2. The van der Waals surface area contributed by atoms with Crippen LogP contribution in [0, 0.1) is 36.5 Å². The van der Waals surface area contributed by atoms with Crippen molar-refractivity contribution in [3.05, 3.63) is 23.8 Å². The molecule has 4 fully saturated rings. The van der Waals surface area contributed by atoms with Crippen LogP contribution in [0.2, 0.25) is 0 Å². The lowest BCUT2D eigenvalue weighted by Gasteiger charge is -2.53. The van der Waals surface area contributed by atoms with E-state index in [9.17, 15) is 9.59 Å².